The summed E-state index contributed by atoms with van der Waals surface area (Å²) in [5.74, 6) is 6.33. The van der Waals surface area contributed by atoms with E-state index in [1.807, 2.05) is 0 Å². The average molecular weight is 487 g/mol. The molecule has 1 atom stereocenters. The lowest BCUT2D eigenvalue weighted by Crippen LogP contribution is -2.24. The normalized spacial score (nSPS) is 14.1. The third-order valence-corrected chi connectivity index (χ3v) is 7.60. The van der Waals surface area contributed by atoms with Crippen LogP contribution >= 0.6 is 23.1 Å². The molecule has 33 heavy (non-hydrogen) atoms. The van der Waals surface area contributed by atoms with Gasteiger partial charge in [0.2, 0.25) is 11.1 Å². The maximum Gasteiger partial charge on any atom is 0.238 e. The number of anilines is 1. The fourth-order valence-corrected chi connectivity index (χ4v) is 5.57. The van der Waals surface area contributed by atoms with Gasteiger partial charge in [0.1, 0.15) is 29.2 Å². The van der Waals surface area contributed by atoms with Crippen LogP contribution in [0.15, 0.2) is 29.4 Å². The number of fused-ring (bicyclic) bond motifs is 1. The van der Waals surface area contributed by atoms with Crippen molar-refractivity contribution in [3.63, 3.8) is 0 Å². The van der Waals surface area contributed by atoms with Crippen molar-refractivity contribution in [2.75, 3.05) is 11.2 Å². The zero-order valence-corrected chi connectivity index (χ0v) is 19.6. The second kappa shape index (κ2) is 10.2. The van der Waals surface area contributed by atoms with Crippen molar-refractivity contribution < 1.29 is 13.9 Å². The molecule has 1 aliphatic rings. The first-order valence-corrected chi connectivity index (χ1v) is 12.3. The smallest absolute Gasteiger partial charge is 0.238 e. The number of thiophene rings is 1. The highest BCUT2D eigenvalue weighted by atomic mass is 32.2. The van der Waals surface area contributed by atoms with Crippen molar-refractivity contribution >= 4 is 34.0 Å². The molecule has 1 aromatic carbocycles. The van der Waals surface area contributed by atoms with Crippen molar-refractivity contribution in [1.29, 1.82) is 5.26 Å². The topological polar surface area (TPSA) is 119 Å². The largest absolute Gasteiger partial charge is 0.486 e. The quantitative estimate of drug-likeness (QED) is 0.294. The van der Waals surface area contributed by atoms with Crippen LogP contribution in [0, 0.1) is 17.1 Å². The number of thioether (sulfide) groups is 1. The van der Waals surface area contributed by atoms with Gasteiger partial charge >= 0.3 is 0 Å². The standard InChI is InChI=1S/C22H23FN6O2S2/c1-13(20(30)26-21-17(11-24)16-5-3-2-4-6-18(16)33-21)32-22-28-27-19(29(22)25)12-31-15-9-7-14(23)8-10-15/h7-10,13H,2-6,12,25H2,1H3,(H,26,30). The van der Waals surface area contributed by atoms with Crippen LogP contribution in [0.1, 0.15) is 48.0 Å². The molecule has 1 unspecified atom stereocenters. The molecule has 11 heteroatoms. The molecule has 0 aliphatic heterocycles. The highest BCUT2D eigenvalue weighted by molar-refractivity contribution is 8.00. The van der Waals surface area contributed by atoms with Crippen LogP contribution in [0.3, 0.4) is 0 Å². The number of carbonyl (C=O) groups excluding carboxylic acids is 1. The monoisotopic (exact) mass is 486 g/mol. The minimum atomic E-state index is -0.518. The van der Waals surface area contributed by atoms with E-state index in [-0.39, 0.29) is 18.3 Å². The third-order valence-electron chi connectivity index (χ3n) is 5.34. The number of nitriles is 1. The van der Waals surface area contributed by atoms with E-state index in [9.17, 15) is 14.4 Å². The molecule has 0 saturated heterocycles. The maximum absolute atomic E-state index is 13.0. The van der Waals surface area contributed by atoms with E-state index in [0.717, 1.165) is 43.0 Å². The molecule has 8 nitrogen and oxygen atoms in total. The Morgan fingerprint density at radius 2 is 2.09 bits per heavy atom. The number of nitrogens with zero attached hydrogens (tertiary/aromatic N) is 4. The van der Waals surface area contributed by atoms with Crippen molar-refractivity contribution in [2.45, 2.75) is 56.0 Å². The van der Waals surface area contributed by atoms with Crippen molar-refractivity contribution in [1.82, 2.24) is 14.9 Å². The van der Waals surface area contributed by atoms with Gasteiger partial charge in [-0.25, -0.2) is 9.07 Å². The number of nitrogens with one attached hydrogen (secondary N) is 1. The molecular weight excluding hydrogens is 463 g/mol. The predicted octanol–water partition coefficient (Wildman–Crippen LogP) is 4.03. The highest BCUT2D eigenvalue weighted by Gasteiger charge is 2.24. The molecule has 1 aliphatic carbocycles. The number of amides is 1. The lowest BCUT2D eigenvalue weighted by Gasteiger charge is -2.11. The summed E-state index contributed by atoms with van der Waals surface area (Å²) >= 11 is 2.67. The Balaban J connectivity index is 1.38. The van der Waals surface area contributed by atoms with E-state index < -0.39 is 5.25 Å². The van der Waals surface area contributed by atoms with Gasteiger partial charge in [0.15, 0.2) is 5.82 Å². The van der Waals surface area contributed by atoms with Gasteiger partial charge in [0.25, 0.3) is 0 Å². The fraction of sp³-hybridized carbons (Fsp3) is 0.364. The number of carbonyl (C=O) groups is 1. The van der Waals surface area contributed by atoms with Gasteiger partial charge < -0.3 is 15.9 Å². The van der Waals surface area contributed by atoms with Gasteiger partial charge in [-0.2, -0.15) is 5.26 Å². The van der Waals surface area contributed by atoms with Gasteiger partial charge in [-0.1, -0.05) is 18.2 Å². The molecule has 0 spiro atoms. The predicted molar refractivity (Wildman–Crippen MR) is 125 cm³/mol. The number of benzene rings is 1. The van der Waals surface area contributed by atoms with E-state index in [1.165, 1.54) is 51.6 Å². The summed E-state index contributed by atoms with van der Waals surface area (Å²) in [6.07, 6.45) is 5.18. The molecule has 3 aromatic rings. The zero-order chi connectivity index (χ0) is 23.4. The Kier molecular flexibility index (Phi) is 7.15. The van der Waals surface area contributed by atoms with E-state index in [2.05, 4.69) is 21.6 Å². The summed E-state index contributed by atoms with van der Waals surface area (Å²) in [5, 5.41) is 21.1. The second-order valence-electron chi connectivity index (χ2n) is 7.64. The lowest BCUT2D eigenvalue weighted by atomic mass is 10.1. The Labute approximate surface area is 198 Å². The molecule has 1 amide bonds. The zero-order valence-electron chi connectivity index (χ0n) is 18.0. The van der Waals surface area contributed by atoms with E-state index in [0.29, 0.717) is 27.3 Å². The van der Waals surface area contributed by atoms with Gasteiger partial charge in [0, 0.05) is 4.88 Å². The Hall–Kier alpha value is -3.10. The molecule has 0 bridgehead atoms. The number of halogens is 1. The molecule has 0 fully saturated rings. The number of aromatic nitrogens is 3. The third kappa shape index (κ3) is 5.29. The lowest BCUT2D eigenvalue weighted by molar-refractivity contribution is -0.115. The van der Waals surface area contributed by atoms with Crippen LogP contribution in [0.25, 0.3) is 0 Å². The number of aryl methyl sites for hydroxylation is 1. The number of nitrogen functional groups attached to an aromatic ring is 1. The number of hydrogen-bond acceptors (Lipinski definition) is 8. The van der Waals surface area contributed by atoms with Crippen LogP contribution in [0.5, 0.6) is 5.75 Å². The van der Waals surface area contributed by atoms with Crippen molar-refractivity contribution in [2.24, 2.45) is 0 Å². The van der Waals surface area contributed by atoms with Crippen LogP contribution < -0.4 is 15.9 Å². The molecule has 2 heterocycles. The SMILES string of the molecule is CC(Sc1nnc(COc2ccc(F)cc2)n1N)C(=O)Nc1sc2c(c1C#N)CCCCC2. The number of ether oxygens (including phenoxy) is 1. The first-order chi connectivity index (χ1) is 16.0. The molecule has 0 saturated carbocycles. The van der Waals surface area contributed by atoms with Gasteiger partial charge in [0.05, 0.1) is 10.8 Å². The van der Waals surface area contributed by atoms with Crippen molar-refractivity contribution in [3.05, 3.63) is 51.9 Å². The average Bonchev–Trinajstić information content (AvgIpc) is 3.22. The summed E-state index contributed by atoms with van der Waals surface area (Å²) in [6, 6.07) is 7.89. The summed E-state index contributed by atoms with van der Waals surface area (Å²) in [6.45, 7) is 1.79. The molecule has 0 radical (unpaired) electrons. The van der Waals surface area contributed by atoms with Crippen molar-refractivity contribution in [3.8, 4) is 11.8 Å². The van der Waals surface area contributed by atoms with E-state index in [1.54, 1.807) is 6.92 Å². The van der Waals surface area contributed by atoms with Crippen LogP contribution in [-0.2, 0) is 24.2 Å². The van der Waals surface area contributed by atoms with Gasteiger partial charge in [-0.05, 0) is 62.4 Å². The Morgan fingerprint density at radius 1 is 1.33 bits per heavy atom. The first kappa shape index (κ1) is 23.1. The maximum atomic E-state index is 13.0. The van der Waals surface area contributed by atoms with Crippen LogP contribution in [-0.4, -0.2) is 26.0 Å². The molecule has 2 aromatic heterocycles. The van der Waals surface area contributed by atoms with Gasteiger partial charge in [-0.15, -0.1) is 21.5 Å². The summed E-state index contributed by atoms with van der Waals surface area (Å²) < 4.78 is 19.8. The summed E-state index contributed by atoms with van der Waals surface area (Å²) in [7, 11) is 0. The fourth-order valence-electron chi connectivity index (χ4n) is 3.54. The number of nitrogens with two attached hydrogens (primary N) is 1. The minimum absolute atomic E-state index is 0.0442. The van der Waals surface area contributed by atoms with Crippen LogP contribution in [0.4, 0.5) is 9.39 Å². The molecule has 3 N–H and O–H groups in total. The molecular formula is C22H23FN6O2S2. The Morgan fingerprint density at radius 3 is 2.85 bits per heavy atom. The second-order valence-corrected chi connectivity index (χ2v) is 10.1. The van der Waals surface area contributed by atoms with Crippen LogP contribution in [0.2, 0.25) is 0 Å². The number of hydrogen-bond donors (Lipinski definition) is 2. The van der Waals surface area contributed by atoms with E-state index >= 15 is 0 Å². The minimum Gasteiger partial charge on any atom is -0.486 e. The number of rotatable bonds is 7. The summed E-state index contributed by atoms with van der Waals surface area (Å²) in [4.78, 5) is 14.0. The van der Waals surface area contributed by atoms with E-state index in [4.69, 9.17) is 10.6 Å². The van der Waals surface area contributed by atoms with Gasteiger partial charge in [-0.3, -0.25) is 4.79 Å². The highest BCUT2D eigenvalue weighted by Crippen LogP contribution is 2.37. The first-order valence-electron chi connectivity index (χ1n) is 10.6. The Bertz CT molecular complexity index is 1180. The summed E-state index contributed by atoms with van der Waals surface area (Å²) in [5.41, 5.74) is 1.67. The molecule has 4 rings (SSSR count). The molecule has 172 valence electrons.